The van der Waals surface area contributed by atoms with Crippen LogP contribution in [-0.2, 0) is 4.74 Å². The van der Waals surface area contributed by atoms with Crippen LogP contribution in [0.1, 0.15) is 48.0 Å². The highest BCUT2D eigenvalue weighted by Gasteiger charge is 2.17. The summed E-state index contributed by atoms with van der Waals surface area (Å²) in [7, 11) is 0. The van der Waals surface area contributed by atoms with Gasteiger partial charge in [-0.2, -0.15) is 0 Å². The van der Waals surface area contributed by atoms with Gasteiger partial charge in [0.25, 0.3) is 0 Å². The molecule has 0 aliphatic carbocycles. The van der Waals surface area contributed by atoms with Crippen molar-refractivity contribution in [1.29, 1.82) is 0 Å². The maximum absolute atomic E-state index is 5.56. The van der Waals surface area contributed by atoms with E-state index in [4.69, 9.17) is 4.74 Å². The summed E-state index contributed by atoms with van der Waals surface area (Å²) in [5.74, 6) is 0. The van der Waals surface area contributed by atoms with E-state index in [-0.39, 0.29) is 0 Å². The van der Waals surface area contributed by atoms with Crippen molar-refractivity contribution in [2.24, 2.45) is 5.41 Å². The summed E-state index contributed by atoms with van der Waals surface area (Å²) in [5.41, 5.74) is 0.332. The second kappa shape index (κ2) is 6.41. The molecule has 0 fully saturated rings. The van der Waals surface area contributed by atoms with Crippen molar-refractivity contribution in [3.8, 4) is 0 Å². The van der Waals surface area contributed by atoms with Gasteiger partial charge in [-0.1, -0.05) is 27.7 Å². The molecule has 2 nitrogen and oxygen atoms in total. The number of ether oxygens (including phenoxy) is 1. The van der Waals surface area contributed by atoms with Gasteiger partial charge in [0.15, 0.2) is 0 Å². The Morgan fingerprint density at radius 1 is 1.14 bits per heavy atom. The summed E-state index contributed by atoms with van der Waals surface area (Å²) in [6, 6.07) is 0.570. The molecule has 86 valence electrons. The summed E-state index contributed by atoms with van der Waals surface area (Å²) >= 11 is 0. The average molecular weight is 201 g/mol. The lowest BCUT2D eigenvalue weighted by Gasteiger charge is -2.26. The molecule has 0 aromatic rings. The SMILES string of the molecule is CC(C)NCC(C)(C)CCOC(C)C. The average Bonchev–Trinajstić information content (AvgIpc) is 2.00. The first kappa shape index (κ1) is 13.9. The molecule has 0 unspecified atom stereocenters. The van der Waals surface area contributed by atoms with Crippen molar-refractivity contribution >= 4 is 0 Å². The molecule has 14 heavy (non-hydrogen) atoms. The molecular weight excluding hydrogens is 174 g/mol. The Labute approximate surface area is 89.4 Å². The van der Waals surface area contributed by atoms with Crippen molar-refractivity contribution in [2.45, 2.75) is 60.1 Å². The zero-order valence-corrected chi connectivity index (χ0v) is 10.7. The molecule has 0 radical (unpaired) electrons. The fourth-order valence-electron chi connectivity index (χ4n) is 1.14. The molecular formula is C12H27NO. The summed E-state index contributed by atoms with van der Waals surface area (Å²) in [6.45, 7) is 15.0. The van der Waals surface area contributed by atoms with Crippen LogP contribution >= 0.6 is 0 Å². The Morgan fingerprint density at radius 2 is 1.71 bits per heavy atom. The molecule has 0 bridgehead atoms. The Kier molecular flexibility index (Phi) is 6.38. The Bertz CT molecular complexity index is 141. The van der Waals surface area contributed by atoms with Crippen molar-refractivity contribution in [3.63, 3.8) is 0 Å². The molecule has 0 aromatic heterocycles. The first-order valence-corrected chi connectivity index (χ1v) is 5.68. The Morgan fingerprint density at radius 3 is 2.14 bits per heavy atom. The largest absolute Gasteiger partial charge is 0.379 e. The summed E-state index contributed by atoms with van der Waals surface area (Å²) in [6.07, 6.45) is 1.47. The molecule has 0 saturated heterocycles. The van der Waals surface area contributed by atoms with E-state index in [1.54, 1.807) is 0 Å². The van der Waals surface area contributed by atoms with E-state index in [1.165, 1.54) is 0 Å². The van der Waals surface area contributed by atoms with Gasteiger partial charge in [0.05, 0.1) is 6.10 Å². The third kappa shape index (κ3) is 8.52. The van der Waals surface area contributed by atoms with Crippen LogP contribution < -0.4 is 5.32 Å². The zero-order chi connectivity index (χ0) is 11.2. The van der Waals surface area contributed by atoms with Crippen LogP contribution in [0.4, 0.5) is 0 Å². The van der Waals surface area contributed by atoms with E-state index < -0.39 is 0 Å². The molecule has 0 heterocycles. The second-order valence-electron chi connectivity index (χ2n) is 5.37. The van der Waals surface area contributed by atoms with Gasteiger partial charge in [-0.15, -0.1) is 0 Å². The molecule has 0 spiro atoms. The van der Waals surface area contributed by atoms with E-state index in [0.29, 0.717) is 17.6 Å². The van der Waals surface area contributed by atoms with Crippen LogP contribution in [0, 0.1) is 5.41 Å². The van der Waals surface area contributed by atoms with Gasteiger partial charge in [0, 0.05) is 19.2 Å². The van der Waals surface area contributed by atoms with Crippen LogP contribution in [0.5, 0.6) is 0 Å². The monoisotopic (exact) mass is 201 g/mol. The minimum Gasteiger partial charge on any atom is -0.379 e. The second-order valence-corrected chi connectivity index (χ2v) is 5.37. The molecule has 1 N–H and O–H groups in total. The maximum atomic E-state index is 5.56. The highest BCUT2D eigenvalue weighted by molar-refractivity contribution is 4.72. The van der Waals surface area contributed by atoms with Crippen molar-refractivity contribution in [3.05, 3.63) is 0 Å². The number of hydrogen-bond acceptors (Lipinski definition) is 2. The minimum absolute atomic E-state index is 0.332. The van der Waals surface area contributed by atoms with Crippen LogP contribution in [0.15, 0.2) is 0 Å². The standard InChI is InChI=1S/C12H27NO/c1-10(2)13-9-12(5,6)7-8-14-11(3)4/h10-11,13H,7-9H2,1-6H3. The van der Waals surface area contributed by atoms with Crippen LogP contribution in [0.2, 0.25) is 0 Å². The van der Waals surface area contributed by atoms with Gasteiger partial charge in [0.2, 0.25) is 0 Å². The summed E-state index contributed by atoms with van der Waals surface area (Å²) in [5, 5.41) is 3.47. The number of hydrogen-bond donors (Lipinski definition) is 1. The van der Waals surface area contributed by atoms with Gasteiger partial charge >= 0.3 is 0 Å². The van der Waals surface area contributed by atoms with Crippen LogP contribution in [-0.4, -0.2) is 25.3 Å². The molecule has 0 atom stereocenters. The van der Waals surface area contributed by atoms with E-state index in [9.17, 15) is 0 Å². The van der Waals surface area contributed by atoms with Crippen molar-refractivity contribution in [2.75, 3.05) is 13.2 Å². The highest BCUT2D eigenvalue weighted by atomic mass is 16.5. The molecule has 0 aliphatic heterocycles. The topological polar surface area (TPSA) is 21.3 Å². The quantitative estimate of drug-likeness (QED) is 0.684. The molecule has 2 heteroatoms. The van der Waals surface area contributed by atoms with Gasteiger partial charge in [-0.05, 0) is 25.7 Å². The molecule has 0 amide bonds. The third-order valence-electron chi connectivity index (χ3n) is 2.22. The van der Waals surface area contributed by atoms with Gasteiger partial charge in [0.1, 0.15) is 0 Å². The van der Waals surface area contributed by atoms with Gasteiger partial charge in [-0.3, -0.25) is 0 Å². The maximum Gasteiger partial charge on any atom is 0.0518 e. The summed E-state index contributed by atoms with van der Waals surface area (Å²) < 4.78 is 5.56. The lowest BCUT2D eigenvalue weighted by molar-refractivity contribution is 0.0570. The smallest absolute Gasteiger partial charge is 0.0518 e. The van der Waals surface area contributed by atoms with Gasteiger partial charge < -0.3 is 10.1 Å². The minimum atomic E-state index is 0.332. The molecule has 0 aliphatic rings. The normalized spacial score (nSPS) is 12.9. The van der Waals surface area contributed by atoms with Crippen molar-refractivity contribution in [1.82, 2.24) is 5.32 Å². The molecule has 0 aromatic carbocycles. The number of nitrogens with one attached hydrogen (secondary N) is 1. The Balaban J connectivity index is 3.61. The number of rotatable bonds is 7. The fraction of sp³-hybridized carbons (Fsp3) is 1.00. The zero-order valence-electron chi connectivity index (χ0n) is 10.7. The Hall–Kier alpha value is -0.0800. The fourth-order valence-corrected chi connectivity index (χ4v) is 1.14. The van der Waals surface area contributed by atoms with Gasteiger partial charge in [-0.25, -0.2) is 0 Å². The lowest BCUT2D eigenvalue weighted by atomic mass is 9.89. The van der Waals surface area contributed by atoms with Crippen LogP contribution in [0.3, 0.4) is 0 Å². The van der Waals surface area contributed by atoms with E-state index in [2.05, 4.69) is 46.9 Å². The van der Waals surface area contributed by atoms with E-state index >= 15 is 0 Å². The van der Waals surface area contributed by atoms with Crippen molar-refractivity contribution < 1.29 is 4.74 Å². The van der Waals surface area contributed by atoms with E-state index in [0.717, 1.165) is 19.6 Å². The molecule has 0 saturated carbocycles. The lowest BCUT2D eigenvalue weighted by Crippen LogP contribution is -2.34. The molecule has 0 rings (SSSR count). The summed E-state index contributed by atoms with van der Waals surface area (Å²) in [4.78, 5) is 0. The predicted molar refractivity (Wildman–Crippen MR) is 62.6 cm³/mol. The first-order chi connectivity index (χ1) is 6.33. The third-order valence-corrected chi connectivity index (χ3v) is 2.22. The van der Waals surface area contributed by atoms with Crippen LogP contribution in [0.25, 0.3) is 0 Å². The predicted octanol–water partition coefficient (Wildman–Crippen LogP) is 2.83. The first-order valence-electron chi connectivity index (χ1n) is 5.68. The highest BCUT2D eigenvalue weighted by Crippen LogP contribution is 2.19. The van der Waals surface area contributed by atoms with E-state index in [1.807, 2.05) is 0 Å².